The van der Waals surface area contributed by atoms with Crippen LogP contribution >= 0.6 is 0 Å². The number of benzene rings is 1. The number of hydrogen-bond acceptors (Lipinski definition) is 5. The maximum absolute atomic E-state index is 12.7. The Bertz CT molecular complexity index is 956. The molecule has 2 aromatic heterocycles. The van der Waals surface area contributed by atoms with Crippen LogP contribution in [0.25, 0.3) is 11.0 Å². The minimum Gasteiger partial charge on any atom is -0.345 e. The maximum Gasteiger partial charge on any atom is 0.209 e. The maximum atomic E-state index is 12.7. The summed E-state index contributed by atoms with van der Waals surface area (Å²) in [5, 5.41) is 11.6. The number of ketones is 1. The van der Waals surface area contributed by atoms with Crippen molar-refractivity contribution in [1.29, 1.82) is 5.41 Å². The molecule has 1 aromatic carbocycles. The molecule has 3 N–H and O–H groups in total. The molecule has 0 aliphatic heterocycles. The molecule has 0 saturated heterocycles. The third kappa shape index (κ3) is 3.63. The summed E-state index contributed by atoms with van der Waals surface area (Å²) in [6.07, 6.45) is 1.90. The largest absolute Gasteiger partial charge is 0.345 e. The Morgan fingerprint density at radius 1 is 1.24 bits per heavy atom. The first-order chi connectivity index (χ1) is 12.1. The lowest BCUT2D eigenvalue weighted by Crippen LogP contribution is -2.17. The van der Waals surface area contributed by atoms with E-state index in [-0.39, 0.29) is 12.2 Å². The van der Waals surface area contributed by atoms with Gasteiger partial charge >= 0.3 is 0 Å². The summed E-state index contributed by atoms with van der Waals surface area (Å²) >= 11 is 0. The van der Waals surface area contributed by atoms with Crippen molar-refractivity contribution in [3.63, 3.8) is 0 Å². The van der Waals surface area contributed by atoms with Crippen molar-refractivity contribution >= 4 is 39.7 Å². The number of fused-ring (bicyclic) bond motifs is 1. The number of hydrogen-bond donors (Lipinski definition) is 3. The average Bonchev–Trinajstić information content (AvgIpc) is 3.03. The molecule has 0 bridgehead atoms. The molecule has 6 nitrogen and oxygen atoms in total. The van der Waals surface area contributed by atoms with Crippen LogP contribution in [-0.4, -0.2) is 34.2 Å². The molecule has 0 radical (unpaired) electrons. The first kappa shape index (κ1) is 16.6. The molecule has 3 rings (SSSR count). The highest BCUT2D eigenvalue weighted by Crippen LogP contribution is 2.22. The van der Waals surface area contributed by atoms with Gasteiger partial charge in [0.15, 0.2) is 0 Å². The van der Waals surface area contributed by atoms with Crippen molar-refractivity contribution in [2.45, 2.75) is 13.3 Å². The van der Waals surface area contributed by atoms with Gasteiger partial charge in [0.25, 0.3) is 0 Å². The number of carbonyl (C=O) groups is 1. The summed E-state index contributed by atoms with van der Waals surface area (Å²) in [5.74, 6) is 0.519. The number of carbonyl (C=O) groups excluding carboxylic acids is 1. The monoisotopic (exact) mass is 333 g/mol. The van der Waals surface area contributed by atoms with E-state index in [0.29, 0.717) is 28.5 Å². The summed E-state index contributed by atoms with van der Waals surface area (Å²) in [6, 6.07) is 13.5. The molecular weight excluding hydrogens is 314 g/mol. The molecule has 0 aliphatic rings. The molecule has 0 fully saturated rings. The number of aromatic amines is 1. The Morgan fingerprint density at radius 3 is 2.68 bits per heavy atom. The highest BCUT2D eigenvalue weighted by molar-refractivity contribution is 6.50. The van der Waals surface area contributed by atoms with E-state index in [2.05, 4.69) is 20.3 Å². The molecule has 0 saturated carbocycles. The standard InChI is InChI=1S/C19H19N5O/c1-12(20)10-16(21-2)18(25)15-11-22-19-14(15)8-9-17(24-19)23-13-6-4-3-5-7-13/h3-9,11,20H,10H2,1-2H3,(H2,22,23,24). The fraction of sp³-hybridized carbons (Fsp3) is 0.158. The van der Waals surface area contributed by atoms with E-state index < -0.39 is 0 Å². The van der Waals surface area contributed by atoms with Crippen LogP contribution in [0.3, 0.4) is 0 Å². The molecule has 126 valence electrons. The third-order valence-corrected chi connectivity index (χ3v) is 3.79. The second-order valence-electron chi connectivity index (χ2n) is 5.74. The topological polar surface area (TPSA) is 94.0 Å². The number of Topliss-reactive ketones (excluding diaryl/α,β-unsaturated/α-hetero) is 1. The van der Waals surface area contributed by atoms with Crippen molar-refractivity contribution < 1.29 is 4.79 Å². The molecule has 0 aliphatic carbocycles. The highest BCUT2D eigenvalue weighted by Gasteiger charge is 2.18. The smallest absolute Gasteiger partial charge is 0.209 e. The summed E-state index contributed by atoms with van der Waals surface area (Å²) in [7, 11) is 1.57. The molecule has 0 amide bonds. The minimum absolute atomic E-state index is 0.175. The lowest BCUT2D eigenvalue weighted by molar-refractivity contribution is 0.106. The van der Waals surface area contributed by atoms with Crippen LogP contribution in [0.2, 0.25) is 0 Å². The van der Waals surface area contributed by atoms with Crippen LogP contribution in [0.5, 0.6) is 0 Å². The lowest BCUT2D eigenvalue weighted by atomic mass is 10.0. The van der Waals surface area contributed by atoms with Gasteiger partial charge in [0.1, 0.15) is 11.5 Å². The zero-order valence-electron chi connectivity index (χ0n) is 14.1. The molecule has 2 heterocycles. The second-order valence-corrected chi connectivity index (χ2v) is 5.74. The SMILES string of the molecule is CN=C(CC(C)=N)C(=O)c1c[nH]c2nc(Nc3ccccc3)ccc12. The van der Waals surface area contributed by atoms with Crippen LogP contribution in [0.1, 0.15) is 23.7 Å². The van der Waals surface area contributed by atoms with E-state index in [4.69, 9.17) is 5.41 Å². The Hall–Kier alpha value is -3.28. The normalized spacial score (nSPS) is 11.5. The minimum atomic E-state index is -0.175. The van der Waals surface area contributed by atoms with Crippen molar-refractivity contribution in [3.05, 3.63) is 54.2 Å². The Balaban J connectivity index is 1.90. The van der Waals surface area contributed by atoms with Gasteiger partial charge < -0.3 is 15.7 Å². The third-order valence-electron chi connectivity index (χ3n) is 3.79. The van der Waals surface area contributed by atoms with Gasteiger partial charge in [0, 0.05) is 36.5 Å². The number of nitrogens with one attached hydrogen (secondary N) is 3. The summed E-state index contributed by atoms with van der Waals surface area (Å²) in [4.78, 5) is 24.3. The molecule has 3 aromatic rings. The molecule has 25 heavy (non-hydrogen) atoms. The Labute approximate surface area is 145 Å². The van der Waals surface area contributed by atoms with Gasteiger partial charge in [-0.2, -0.15) is 0 Å². The van der Waals surface area contributed by atoms with E-state index in [1.165, 1.54) is 0 Å². The number of rotatable bonds is 6. The fourth-order valence-electron chi connectivity index (χ4n) is 2.60. The van der Waals surface area contributed by atoms with Crippen molar-refractivity contribution in [1.82, 2.24) is 9.97 Å². The second kappa shape index (κ2) is 7.09. The van der Waals surface area contributed by atoms with E-state index in [9.17, 15) is 4.79 Å². The first-order valence-electron chi connectivity index (χ1n) is 7.93. The van der Waals surface area contributed by atoms with E-state index >= 15 is 0 Å². The van der Waals surface area contributed by atoms with Crippen LogP contribution in [-0.2, 0) is 0 Å². The fourth-order valence-corrected chi connectivity index (χ4v) is 2.60. The van der Waals surface area contributed by atoms with Crippen molar-refractivity contribution in [2.24, 2.45) is 4.99 Å². The average molecular weight is 333 g/mol. The number of para-hydroxylation sites is 1. The molecule has 0 atom stereocenters. The predicted octanol–water partition coefficient (Wildman–Crippen LogP) is 3.99. The van der Waals surface area contributed by atoms with Crippen molar-refractivity contribution in [2.75, 3.05) is 12.4 Å². The molecule has 0 spiro atoms. The van der Waals surface area contributed by atoms with Gasteiger partial charge in [-0.3, -0.25) is 9.79 Å². The van der Waals surface area contributed by atoms with E-state index in [0.717, 1.165) is 11.1 Å². The summed E-state index contributed by atoms with van der Waals surface area (Å²) in [6.45, 7) is 1.66. The number of aromatic nitrogens is 2. The lowest BCUT2D eigenvalue weighted by Gasteiger charge is -2.06. The first-order valence-corrected chi connectivity index (χ1v) is 7.93. The Kier molecular flexibility index (Phi) is 4.70. The van der Waals surface area contributed by atoms with Crippen LogP contribution in [0.4, 0.5) is 11.5 Å². The van der Waals surface area contributed by atoms with Crippen LogP contribution in [0, 0.1) is 5.41 Å². The Morgan fingerprint density at radius 2 is 2.00 bits per heavy atom. The number of anilines is 2. The highest BCUT2D eigenvalue weighted by atomic mass is 16.1. The van der Waals surface area contributed by atoms with Gasteiger partial charge in [-0.15, -0.1) is 0 Å². The van der Waals surface area contributed by atoms with Gasteiger partial charge in [0.05, 0.1) is 11.3 Å². The quantitative estimate of drug-likeness (QED) is 0.470. The zero-order chi connectivity index (χ0) is 17.8. The number of pyridine rings is 1. The molecule has 6 heteroatoms. The molecule has 0 unspecified atom stereocenters. The summed E-state index contributed by atoms with van der Waals surface area (Å²) < 4.78 is 0. The van der Waals surface area contributed by atoms with Gasteiger partial charge in [0.2, 0.25) is 5.78 Å². The van der Waals surface area contributed by atoms with Crippen molar-refractivity contribution in [3.8, 4) is 0 Å². The number of nitrogens with zero attached hydrogens (tertiary/aromatic N) is 2. The van der Waals surface area contributed by atoms with Crippen LogP contribution < -0.4 is 5.32 Å². The summed E-state index contributed by atoms with van der Waals surface area (Å²) in [5.41, 5.74) is 2.88. The van der Waals surface area contributed by atoms with E-state index in [1.807, 2.05) is 42.5 Å². The zero-order valence-corrected chi connectivity index (χ0v) is 14.1. The number of aliphatic imine (C=N–C) groups is 1. The van der Waals surface area contributed by atoms with Gasteiger partial charge in [-0.25, -0.2) is 4.98 Å². The molecular formula is C19H19N5O. The number of H-pyrrole nitrogens is 1. The predicted molar refractivity (Wildman–Crippen MR) is 102 cm³/mol. The van der Waals surface area contributed by atoms with E-state index in [1.54, 1.807) is 20.2 Å². The van der Waals surface area contributed by atoms with Crippen LogP contribution in [0.15, 0.2) is 53.7 Å². The van der Waals surface area contributed by atoms with Gasteiger partial charge in [-0.05, 0) is 31.2 Å². The van der Waals surface area contributed by atoms with Gasteiger partial charge in [-0.1, -0.05) is 18.2 Å².